The summed E-state index contributed by atoms with van der Waals surface area (Å²) in [4.78, 5) is 5.60. The van der Waals surface area contributed by atoms with Crippen molar-refractivity contribution < 1.29 is 0 Å². The molecule has 0 N–H and O–H groups in total. The van der Waals surface area contributed by atoms with Crippen LogP contribution < -0.4 is 5.46 Å². The molecule has 1 saturated heterocycles. The summed E-state index contributed by atoms with van der Waals surface area (Å²) in [5.41, 5.74) is 4.07. The second kappa shape index (κ2) is 8.23. The average Bonchev–Trinajstić information content (AvgIpc) is 2.57. The molecule has 0 aliphatic carbocycles. The molecule has 2 radical (unpaired) electrons. The fraction of sp³-hybridized carbons (Fsp3) is 0.250. The summed E-state index contributed by atoms with van der Waals surface area (Å²) >= 11 is 1.78. The minimum atomic E-state index is 0.817. The zero-order valence-electron chi connectivity index (χ0n) is 13.8. The Hall–Kier alpha value is -1.96. The second-order valence-corrected chi connectivity index (χ2v) is 7.00. The third-order valence-corrected chi connectivity index (χ3v) is 4.91. The van der Waals surface area contributed by atoms with Crippen LogP contribution in [0.5, 0.6) is 0 Å². The molecule has 0 bridgehead atoms. The second-order valence-electron chi connectivity index (χ2n) is 5.83. The number of hydrogen-bond acceptors (Lipinski definition) is 3. The summed E-state index contributed by atoms with van der Waals surface area (Å²) in [6.07, 6.45) is 4.18. The number of rotatable bonds is 2. The smallest absolute Gasteiger partial charge is 0.113 e. The highest BCUT2D eigenvalue weighted by atomic mass is 32.2. The highest BCUT2D eigenvalue weighted by molar-refractivity contribution is 7.97. The van der Waals surface area contributed by atoms with Crippen LogP contribution in [-0.4, -0.2) is 30.2 Å². The summed E-state index contributed by atoms with van der Waals surface area (Å²) < 4.78 is 2.39. The predicted octanol–water partition coefficient (Wildman–Crippen LogP) is 3.26. The van der Waals surface area contributed by atoms with E-state index in [4.69, 9.17) is 7.85 Å². The molecule has 1 aromatic heterocycles. The summed E-state index contributed by atoms with van der Waals surface area (Å²) in [6.45, 7) is 4.06. The molecular formula is C20H19BN2S. The molecule has 4 heteroatoms. The van der Waals surface area contributed by atoms with Gasteiger partial charge in [0.2, 0.25) is 0 Å². The van der Waals surface area contributed by atoms with Crippen molar-refractivity contribution >= 4 is 25.3 Å². The molecule has 24 heavy (non-hydrogen) atoms. The van der Waals surface area contributed by atoms with Crippen molar-refractivity contribution in [2.75, 3.05) is 13.1 Å². The highest BCUT2D eigenvalue weighted by Gasteiger charge is 2.14. The van der Waals surface area contributed by atoms with Crippen LogP contribution in [0.3, 0.4) is 0 Å². The van der Waals surface area contributed by atoms with Crippen LogP contribution in [-0.2, 0) is 0 Å². The SMILES string of the molecule is [B]c1cccc(SN2CCC(=CC#Cc3cccc(C)n3)CC2)c1. The van der Waals surface area contributed by atoms with Gasteiger partial charge in [0.15, 0.2) is 0 Å². The largest absolute Gasteiger partial charge is 0.246 e. The molecule has 1 aliphatic rings. The number of pyridine rings is 1. The van der Waals surface area contributed by atoms with Gasteiger partial charge in [-0.25, -0.2) is 9.29 Å². The Kier molecular flexibility index (Phi) is 5.79. The molecule has 1 fully saturated rings. The van der Waals surface area contributed by atoms with Crippen LogP contribution >= 0.6 is 11.9 Å². The predicted molar refractivity (Wildman–Crippen MR) is 102 cm³/mol. The number of aryl methyl sites for hydroxylation is 1. The molecule has 0 unspecified atom stereocenters. The Balaban J connectivity index is 1.53. The van der Waals surface area contributed by atoms with Gasteiger partial charge in [-0.15, -0.1) is 0 Å². The van der Waals surface area contributed by atoms with Gasteiger partial charge < -0.3 is 0 Å². The van der Waals surface area contributed by atoms with Crippen molar-refractivity contribution in [1.29, 1.82) is 0 Å². The van der Waals surface area contributed by atoms with Crippen LogP contribution in [0, 0.1) is 18.8 Å². The summed E-state index contributed by atoms with van der Waals surface area (Å²) in [5.74, 6) is 6.27. The van der Waals surface area contributed by atoms with E-state index in [1.54, 1.807) is 11.9 Å². The summed E-state index contributed by atoms with van der Waals surface area (Å²) in [5, 5.41) is 0. The molecule has 2 heterocycles. The van der Waals surface area contributed by atoms with E-state index < -0.39 is 0 Å². The lowest BCUT2D eigenvalue weighted by Gasteiger charge is -2.26. The van der Waals surface area contributed by atoms with Gasteiger partial charge in [0.25, 0.3) is 0 Å². The van der Waals surface area contributed by atoms with Crippen molar-refractivity contribution in [3.8, 4) is 11.8 Å². The van der Waals surface area contributed by atoms with Gasteiger partial charge in [0.1, 0.15) is 13.5 Å². The fourth-order valence-corrected chi connectivity index (χ4v) is 3.55. The van der Waals surface area contributed by atoms with Gasteiger partial charge in [-0.2, -0.15) is 0 Å². The van der Waals surface area contributed by atoms with Crippen molar-refractivity contribution in [3.63, 3.8) is 0 Å². The Labute approximate surface area is 149 Å². The number of allylic oxidation sites excluding steroid dienone is 1. The monoisotopic (exact) mass is 330 g/mol. The first-order valence-corrected chi connectivity index (χ1v) is 8.88. The normalized spacial score (nSPS) is 14.8. The molecule has 1 aliphatic heterocycles. The van der Waals surface area contributed by atoms with Crippen LogP contribution in [0.2, 0.25) is 0 Å². The lowest BCUT2D eigenvalue weighted by atomic mass is 9.97. The molecule has 2 aromatic rings. The molecular weight excluding hydrogens is 311 g/mol. The van der Waals surface area contributed by atoms with Gasteiger partial charge in [0.05, 0.1) is 0 Å². The Bertz CT molecular complexity index is 795. The van der Waals surface area contributed by atoms with Crippen molar-refractivity contribution in [2.45, 2.75) is 24.7 Å². The van der Waals surface area contributed by atoms with Gasteiger partial charge >= 0.3 is 0 Å². The Morgan fingerprint density at radius 2 is 1.96 bits per heavy atom. The minimum absolute atomic E-state index is 0.817. The van der Waals surface area contributed by atoms with Gasteiger partial charge in [-0.05, 0) is 61.9 Å². The third-order valence-electron chi connectivity index (χ3n) is 3.82. The van der Waals surface area contributed by atoms with E-state index in [-0.39, 0.29) is 0 Å². The molecule has 3 rings (SSSR count). The van der Waals surface area contributed by atoms with Crippen LogP contribution in [0.4, 0.5) is 0 Å². The average molecular weight is 330 g/mol. The number of benzene rings is 1. The molecule has 2 nitrogen and oxygen atoms in total. The molecule has 0 saturated carbocycles. The van der Waals surface area contributed by atoms with Crippen molar-refractivity contribution in [2.24, 2.45) is 0 Å². The summed E-state index contributed by atoms with van der Waals surface area (Å²) in [6, 6.07) is 14.0. The van der Waals surface area contributed by atoms with E-state index in [1.165, 1.54) is 10.5 Å². The molecule has 0 spiro atoms. The zero-order chi connectivity index (χ0) is 16.8. The fourth-order valence-electron chi connectivity index (χ4n) is 2.55. The first-order valence-electron chi connectivity index (χ1n) is 8.10. The standard InChI is InChI=1S/C20H19BN2S/c1-16-5-2-8-19(22-16)9-3-6-17-11-13-23(14-12-17)24-20-10-4-7-18(21)15-20/h2,4-8,10,15H,11-14H2,1H3. The maximum absolute atomic E-state index is 5.84. The lowest BCUT2D eigenvalue weighted by Crippen LogP contribution is -2.24. The minimum Gasteiger partial charge on any atom is -0.246 e. The van der Waals surface area contributed by atoms with Gasteiger partial charge in [0, 0.05) is 23.7 Å². The van der Waals surface area contributed by atoms with Gasteiger partial charge in [-0.1, -0.05) is 41.2 Å². The quantitative estimate of drug-likeness (QED) is 0.478. The zero-order valence-corrected chi connectivity index (χ0v) is 14.6. The van der Waals surface area contributed by atoms with E-state index in [0.717, 1.165) is 42.8 Å². The Morgan fingerprint density at radius 1 is 1.17 bits per heavy atom. The topological polar surface area (TPSA) is 16.1 Å². The van der Waals surface area contributed by atoms with Crippen molar-refractivity contribution in [1.82, 2.24) is 9.29 Å². The highest BCUT2D eigenvalue weighted by Crippen LogP contribution is 2.27. The first-order chi connectivity index (χ1) is 11.7. The van der Waals surface area contributed by atoms with Gasteiger partial charge in [-0.3, -0.25) is 0 Å². The summed E-state index contributed by atoms with van der Waals surface area (Å²) in [7, 11) is 5.84. The number of piperidine rings is 1. The molecule has 0 atom stereocenters. The number of aromatic nitrogens is 1. The van der Waals surface area contributed by atoms with E-state index in [1.807, 2.05) is 43.3 Å². The van der Waals surface area contributed by atoms with Crippen molar-refractivity contribution in [3.05, 3.63) is 65.5 Å². The van der Waals surface area contributed by atoms with Crippen LogP contribution in [0.15, 0.2) is 59.0 Å². The molecule has 1 aromatic carbocycles. The maximum Gasteiger partial charge on any atom is 0.113 e. The van der Waals surface area contributed by atoms with E-state index in [2.05, 4.69) is 33.3 Å². The Morgan fingerprint density at radius 3 is 2.71 bits per heavy atom. The lowest BCUT2D eigenvalue weighted by molar-refractivity contribution is 0.434. The maximum atomic E-state index is 5.84. The first kappa shape index (κ1) is 16.9. The van der Waals surface area contributed by atoms with E-state index in [0.29, 0.717) is 0 Å². The van der Waals surface area contributed by atoms with E-state index >= 15 is 0 Å². The number of hydrogen-bond donors (Lipinski definition) is 0. The van der Waals surface area contributed by atoms with E-state index in [9.17, 15) is 0 Å². The van der Waals surface area contributed by atoms with Crippen LogP contribution in [0.1, 0.15) is 24.2 Å². The van der Waals surface area contributed by atoms with Crippen LogP contribution in [0.25, 0.3) is 0 Å². The number of nitrogens with zero attached hydrogens (tertiary/aromatic N) is 2. The molecule has 118 valence electrons. The third kappa shape index (κ3) is 5.02. The molecule has 0 amide bonds.